The Kier molecular flexibility index (Phi) is 5.59. The number of hydrogen-bond acceptors (Lipinski definition) is 4. The van der Waals surface area contributed by atoms with Crippen molar-refractivity contribution in [2.24, 2.45) is 0 Å². The van der Waals surface area contributed by atoms with Gasteiger partial charge in [0.2, 0.25) is 0 Å². The minimum Gasteiger partial charge on any atom is -0.496 e. The van der Waals surface area contributed by atoms with Crippen LogP contribution in [0.15, 0.2) is 72.8 Å². The summed E-state index contributed by atoms with van der Waals surface area (Å²) in [7, 11) is 1.68. The molecule has 1 saturated heterocycles. The quantitative estimate of drug-likeness (QED) is 0.754. The highest BCUT2D eigenvalue weighted by atomic mass is 16.5. The Bertz CT molecular complexity index is 975. The second kappa shape index (κ2) is 8.52. The monoisotopic (exact) mass is 416 g/mol. The second-order valence-corrected chi connectivity index (χ2v) is 8.97. The van der Waals surface area contributed by atoms with E-state index in [0.717, 1.165) is 56.8 Å². The molecule has 1 N–H and O–H groups in total. The maximum Gasteiger partial charge on any atom is 0.124 e. The van der Waals surface area contributed by atoms with E-state index in [4.69, 9.17) is 4.74 Å². The van der Waals surface area contributed by atoms with Crippen LogP contribution < -0.4 is 9.64 Å². The highest BCUT2D eigenvalue weighted by Gasteiger charge is 2.37. The Morgan fingerprint density at radius 2 is 1.71 bits per heavy atom. The summed E-state index contributed by atoms with van der Waals surface area (Å²) in [5.74, 6) is 1.27. The van der Waals surface area contributed by atoms with Crippen LogP contribution in [0.1, 0.15) is 36.3 Å². The van der Waals surface area contributed by atoms with Crippen molar-refractivity contribution in [3.63, 3.8) is 0 Å². The highest BCUT2D eigenvalue weighted by molar-refractivity contribution is 5.65. The summed E-state index contributed by atoms with van der Waals surface area (Å²) in [5.41, 5.74) is 2.98. The van der Waals surface area contributed by atoms with Crippen LogP contribution in [0, 0.1) is 0 Å². The number of allylic oxidation sites excluding steroid dienone is 2. The Balaban J connectivity index is 1.18. The third-order valence-corrected chi connectivity index (χ3v) is 7.24. The van der Waals surface area contributed by atoms with E-state index in [0.29, 0.717) is 12.0 Å². The molecule has 0 amide bonds. The summed E-state index contributed by atoms with van der Waals surface area (Å²) in [6.07, 6.45) is 11.7. The number of para-hydroxylation sites is 2. The third kappa shape index (κ3) is 3.79. The lowest BCUT2D eigenvalue weighted by atomic mass is 9.84. The molecule has 0 aromatic heterocycles. The lowest BCUT2D eigenvalue weighted by Crippen LogP contribution is -2.44. The van der Waals surface area contributed by atoms with Crippen LogP contribution in [0.4, 0.5) is 5.69 Å². The highest BCUT2D eigenvalue weighted by Crippen LogP contribution is 2.43. The standard InChI is InChI=1S/C27H32N2O2/c1-31-26-14-7-4-11-23(26)27(30)15-19-28(20-16-27)17-8-18-29-24-12-5-2-9-21(24)22-10-3-6-13-25(22)29/h2-7,9-14,21,24,30H,8,15-20H2,1H3. The van der Waals surface area contributed by atoms with Gasteiger partial charge in [-0.05, 0) is 43.5 Å². The lowest BCUT2D eigenvalue weighted by molar-refractivity contribution is -0.0274. The van der Waals surface area contributed by atoms with Gasteiger partial charge in [-0.15, -0.1) is 0 Å². The molecule has 2 unspecified atom stereocenters. The number of methoxy groups -OCH3 is 1. The SMILES string of the molecule is COc1ccccc1C1(O)CCN(CCCN2c3ccccc3C3C=CC=CC32)CC1. The first-order valence-corrected chi connectivity index (χ1v) is 11.5. The van der Waals surface area contributed by atoms with Gasteiger partial charge in [0, 0.05) is 36.8 Å². The van der Waals surface area contributed by atoms with Crippen molar-refractivity contribution in [2.45, 2.75) is 36.8 Å². The summed E-state index contributed by atoms with van der Waals surface area (Å²) in [5, 5.41) is 11.3. The molecule has 1 aliphatic carbocycles. The zero-order valence-corrected chi connectivity index (χ0v) is 18.3. The van der Waals surface area contributed by atoms with Crippen molar-refractivity contribution in [3.8, 4) is 5.75 Å². The molecule has 31 heavy (non-hydrogen) atoms. The van der Waals surface area contributed by atoms with E-state index in [1.807, 2.05) is 24.3 Å². The van der Waals surface area contributed by atoms with Crippen molar-refractivity contribution in [2.75, 3.05) is 38.2 Å². The van der Waals surface area contributed by atoms with E-state index in [9.17, 15) is 5.11 Å². The first kappa shape index (κ1) is 20.3. The van der Waals surface area contributed by atoms with Gasteiger partial charge in [-0.25, -0.2) is 0 Å². The number of benzene rings is 2. The van der Waals surface area contributed by atoms with Crippen molar-refractivity contribution >= 4 is 5.69 Å². The topological polar surface area (TPSA) is 35.9 Å². The van der Waals surface area contributed by atoms with Crippen LogP contribution >= 0.6 is 0 Å². The zero-order valence-electron chi connectivity index (χ0n) is 18.3. The number of aliphatic hydroxyl groups is 1. The Hall–Kier alpha value is -2.56. The van der Waals surface area contributed by atoms with Crippen molar-refractivity contribution in [1.29, 1.82) is 0 Å². The van der Waals surface area contributed by atoms with Crippen molar-refractivity contribution < 1.29 is 9.84 Å². The molecule has 2 aromatic rings. The second-order valence-electron chi connectivity index (χ2n) is 8.97. The Morgan fingerprint density at radius 3 is 2.55 bits per heavy atom. The molecule has 2 aromatic carbocycles. The average molecular weight is 417 g/mol. The van der Waals surface area contributed by atoms with Crippen LogP contribution in [0.5, 0.6) is 5.75 Å². The maximum absolute atomic E-state index is 11.3. The zero-order chi connectivity index (χ0) is 21.3. The normalized spacial score (nSPS) is 24.1. The molecule has 0 saturated carbocycles. The predicted molar refractivity (Wildman–Crippen MR) is 126 cm³/mol. The summed E-state index contributed by atoms with van der Waals surface area (Å²) in [6.45, 7) is 3.96. The van der Waals surface area contributed by atoms with E-state index in [1.54, 1.807) is 7.11 Å². The molecule has 0 bridgehead atoms. The summed E-state index contributed by atoms with van der Waals surface area (Å²) in [6, 6.07) is 17.2. The first-order valence-electron chi connectivity index (χ1n) is 11.5. The molecule has 4 nitrogen and oxygen atoms in total. The van der Waals surface area contributed by atoms with Crippen LogP contribution in [0.3, 0.4) is 0 Å². The molecule has 2 aliphatic heterocycles. The molecule has 3 aliphatic rings. The Morgan fingerprint density at radius 1 is 0.968 bits per heavy atom. The molecule has 2 heterocycles. The molecule has 4 heteroatoms. The van der Waals surface area contributed by atoms with Crippen LogP contribution in [0.2, 0.25) is 0 Å². The van der Waals surface area contributed by atoms with Gasteiger partial charge in [-0.3, -0.25) is 0 Å². The number of ether oxygens (including phenoxy) is 1. The van der Waals surface area contributed by atoms with Gasteiger partial charge in [-0.1, -0.05) is 60.7 Å². The van der Waals surface area contributed by atoms with Crippen molar-refractivity contribution in [1.82, 2.24) is 4.90 Å². The van der Waals surface area contributed by atoms with Gasteiger partial charge in [0.05, 0.1) is 18.8 Å². The van der Waals surface area contributed by atoms with Crippen LogP contribution in [0.25, 0.3) is 0 Å². The van der Waals surface area contributed by atoms with E-state index in [1.165, 1.54) is 11.3 Å². The molecular weight excluding hydrogens is 384 g/mol. The number of anilines is 1. The summed E-state index contributed by atoms with van der Waals surface area (Å²) < 4.78 is 5.50. The Labute approximate surface area is 185 Å². The predicted octanol–water partition coefficient (Wildman–Crippen LogP) is 4.47. The molecule has 0 spiro atoms. The minimum atomic E-state index is -0.788. The van der Waals surface area contributed by atoms with Gasteiger partial charge in [0.25, 0.3) is 0 Å². The number of hydrogen-bond donors (Lipinski definition) is 1. The van der Waals surface area contributed by atoms with Crippen molar-refractivity contribution in [3.05, 3.63) is 84.0 Å². The summed E-state index contributed by atoms with van der Waals surface area (Å²) >= 11 is 0. The average Bonchev–Trinajstić information content (AvgIpc) is 3.14. The molecule has 162 valence electrons. The fraction of sp³-hybridized carbons (Fsp3) is 0.407. The number of likely N-dealkylation sites (tertiary alicyclic amines) is 1. The van der Waals surface area contributed by atoms with E-state index < -0.39 is 5.60 Å². The summed E-state index contributed by atoms with van der Waals surface area (Å²) in [4.78, 5) is 5.08. The first-order chi connectivity index (χ1) is 15.2. The van der Waals surface area contributed by atoms with Crippen LogP contribution in [-0.2, 0) is 5.60 Å². The number of nitrogens with zero attached hydrogens (tertiary/aromatic N) is 2. The lowest BCUT2D eigenvalue weighted by Gasteiger charge is -2.39. The third-order valence-electron chi connectivity index (χ3n) is 7.24. The fourth-order valence-electron chi connectivity index (χ4n) is 5.55. The van der Waals surface area contributed by atoms with Gasteiger partial charge in [-0.2, -0.15) is 0 Å². The van der Waals surface area contributed by atoms with Crippen LogP contribution in [-0.4, -0.2) is 49.3 Å². The van der Waals surface area contributed by atoms with Gasteiger partial charge in [0.1, 0.15) is 5.75 Å². The molecule has 5 rings (SSSR count). The molecule has 0 radical (unpaired) electrons. The molecule has 1 fully saturated rings. The smallest absolute Gasteiger partial charge is 0.124 e. The largest absolute Gasteiger partial charge is 0.496 e. The minimum absolute atomic E-state index is 0.444. The van der Waals surface area contributed by atoms with Gasteiger partial charge in [0.15, 0.2) is 0 Å². The van der Waals surface area contributed by atoms with E-state index in [-0.39, 0.29) is 0 Å². The number of fused-ring (bicyclic) bond motifs is 3. The number of rotatable bonds is 6. The fourth-order valence-corrected chi connectivity index (χ4v) is 5.55. The maximum atomic E-state index is 11.3. The van der Waals surface area contributed by atoms with E-state index in [2.05, 4.69) is 58.4 Å². The number of piperidine rings is 1. The van der Waals surface area contributed by atoms with E-state index >= 15 is 0 Å². The van der Waals surface area contributed by atoms with Gasteiger partial charge < -0.3 is 19.6 Å². The van der Waals surface area contributed by atoms with Gasteiger partial charge >= 0.3 is 0 Å². The molecular formula is C27H32N2O2. The molecule has 2 atom stereocenters.